The molecule has 1 saturated carbocycles. The van der Waals surface area contributed by atoms with Gasteiger partial charge in [-0.05, 0) is 42.7 Å². The molecule has 0 aromatic heterocycles. The zero-order valence-corrected chi connectivity index (χ0v) is 12.7. The predicted octanol–water partition coefficient (Wildman–Crippen LogP) is 2.95. The first-order valence-electron chi connectivity index (χ1n) is 7.73. The molecule has 1 aromatic carbocycles. The molecule has 0 radical (unpaired) electrons. The van der Waals surface area contributed by atoms with Crippen LogP contribution in [0.1, 0.15) is 36.8 Å². The molecule has 1 spiro atoms. The average molecular weight is 271 g/mol. The Hall–Kier alpha value is -1.51. The summed E-state index contributed by atoms with van der Waals surface area (Å²) in [6.45, 7) is 5.38. The summed E-state index contributed by atoms with van der Waals surface area (Å²) in [6.07, 6.45) is 5.59. The van der Waals surface area contributed by atoms with Crippen molar-refractivity contribution in [3.05, 3.63) is 35.4 Å². The normalized spacial score (nSPS) is 21.1. The lowest BCUT2D eigenvalue weighted by Crippen LogP contribution is -2.42. The van der Waals surface area contributed by atoms with Gasteiger partial charge in [-0.15, -0.1) is 0 Å². The topological polar surface area (TPSA) is 27.6 Å². The van der Waals surface area contributed by atoms with E-state index >= 15 is 0 Å². The van der Waals surface area contributed by atoms with Crippen molar-refractivity contribution in [3.63, 3.8) is 0 Å². The molecule has 1 aromatic rings. The SMILES string of the molecule is CN=C(NCc1ccccc1C)N1CCC2(CCC2)C1. The third kappa shape index (κ3) is 2.54. The van der Waals surface area contributed by atoms with Crippen LogP contribution in [-0.4, -0.2) is 31.0 Å². The largest absolute Gasteiger partial charge is 0.352 e. The fourth-order valence-corrected chi connectivity index (χ4v) is 3.52. The number of hydrogen-bond acceptors (Lipinski definition) is 1. The summed E-state index contributed by atoms with van der Waals surface area (Å²) in [5.41, 5.74) is 3.32. The van der Waals surface area contributed by atoms with Gasteiger partial charge in [-0.2, -0.15) is 0 Å². The van der Waals surface area contributed by atoms with Gasteiger partial charge in [0.25, 0.3) is 0 Å². The van der Waals surface area contributed by atoms with E-state index in [2.05, 4.69) is 46.4 Å². The highest BCUT2D eigenvalue weighted by Gasteiger charge is 2.43. The quantitative estimate of drug-likeness (QED) is 0.661. The fraction of sp³-hybridized carbons (Fsp3) is 0.588. The minimum Gasteiger partial charge on any atom is -0.352 e. The summed E-state index contributed by atoms with van der Waals surface area (Å²) in [5.74, 6) is 1.07. The van der Waals surface area contributed by atoms with Crippen LogP contribution < -0.4 is 5.32 Å². The predicted molar refractivity (Wildman–Crippen MR) is 83.9 cm³/mol. The minimum atomic E-state index is 0.625. The number of rotatable bonds is 2. The Morgan fingerprint density at radius 1 is 1.30 bits per heavy atom. The molecule has 0 unspecified atom stereocenters. The highest BCUT2D eigenvalue weighted by atomic mass is 15.3. The molecule has 108 valence electrons. The monoisotopic (exact) mass is 271 g/mol. The summed E-state index contributed by atoms with van der Waals surface area (Å²) < 4.78 is 0. The molecule has 1 heterocycles. The third-order valence-electron chi connectivity index (χ3n) is 5.06. The molecular weight excluding hydrogens is 246 g/mol. The molecule has 20 heavy (non-hydrogen) atoms. The number of benzene rings is 1. The van der Waals surface area contributed by atoms with Gasteiger partial charge in [-0.1, -0.05) is 30.7 Å². The Balaban J connectivity index is 1.60. The van der Waals surface area contributed by atoms with Gasteiger partial charge in [0.1, 0.15) is 0 Å². The molecule has 0 bridgehead atoms. The van der Waals surface area contributed by atoms with Crippen molar-refractivity contribution in [2.24, 2.45) is 10.4 Å². The van der Waals surface area contributed by atoms with Gasteiger partial charge in [0.05, 0.1) is 0 Å². The molecule has 1 saturated heterocycles. The van der Waals surface area contributed by atoms with E-state index in [1.54, 1.807) is 0 Å². The highest BCUT2D eigenvalue weighted by Crippen LogP contribution is 2.47. The van der Waals surface area contributed by atoms with Crippen LogP contribution in [0.4, 0.5) is 0 Å². The first-order valence-corrected chi connectivity index (χ1v) is 7.73. The lowest BCUT2D eigenvalue weighted by molar-refractivity contribution is 0.151. The minimum absolute atomic E-state index is 0.625. The van der Waals surface area contributed by atoms with Gasteiger partial charge in [-0.3, -0.25) is 4.99 Å². The van der Waals surface area contributed by atoms with Crippen LogP contribution in [0.5, 0.6) is 0 Å². The van der Waals surface area contributed by atoms with Crippen molar-refractivity contribution >= 4 is 5.96 Å². The summed E-state index contributed by atoms with van der Waals surface area (Å²) in [4.78, 5) is 6.91. The number of aliphatic imine (C=N–C) groups is 1. The van der Waals surface area contributed by atoms with E-state index in [4.69, 9.17) is 0 Å². The molecule has 3 nitrogen and oxygen atoms in total. The van der Waals surface area contributed by atoms with E-state index in [9.17, 15) is 0 Å². The molecule has 1 aliphatic heterocycles. The van der Waals surface area contributed by atoms with Gasteiger partial charge >= 0.3 is 0 Å². The van der Waals surface area contributed by atoms with Gasteiger partial charge in [0.2, 0.25) is 0 Å². The Labute approximate surface area is 122 Å². The number of hydrogen-bond donors (Lipinski definition) is 1. The summed E-state index contributed by atoms with van der Waals surface area (Å²) in [7, 11) is 1.89. The van der Waals surface area contributed by atoms with Crippen molar-refractivity contribution in [2.45, 2.75) is 39.2 Å². The summed E-state index contributed by atoms with van der Waals surface area (Å²) >= 11 is 0. The number of guanidine groups is 1. The fourth-order valence-electron chi connectivity index (χ4n) is 3.52. The number of aryl methyl sites for hydroxylation is 1. The molecule has 0 atom stereocenters. The number of nitrogens with zero attached hydrogens (tertiary/aromatic N) is 2. The summed E-state index contributed by atoms with van der Waals surface area (Å²) in [6, 6.07) is 8.55. The van der Waals surface area contributed by atoms with Gasteiger partial charge in [0, 0.05) is 26.7 Å². The van der Waals surface area contributed by atoms with Gasteiger partial charge in [0.15, 0.2) is 5.96 Å². The second-order valence-electron chi connectivity index (χ2n) is 6.35. The number of likely N-dealkylation sites (tertiary alicyclic amines) is 1. The van der Waals surface area contributed by atoms with Crippen LogP contribution in [-0.2, 0) is 6.54 Å². The van der Waals surface area contributed by atoms with Crippen molar-refractivity contribution in [3.8, 4) is 0 Å². The average Bonchev–Trinajstić information content (AvgIpc) is 2.87. The molecule has 1 aliphatic carbocycles. The highest BCUT2D eigenvalue weighted by molar-refractivity contribution is 5.80. The number of nitrogens with one attached hydrogen (secondary N) is 1. The van der Waals surface area contributed by atoms with Crippen molar-refractivity contribution < 1.29 is 0 Å². The van der Waals surface area contributed by atoms with Crippen LogP contribution in [0.2, 0.25) is 0 Å². The maximum Gasteiger partial charge on any atom is 0.193 e. The summed E-state index contributed by atoms with van der Waals surface area (Å²) in [5, 5.41) is 3.53. The van der Waals surface area contributed by atoms with E-state index < -0.39 is 0 Å². The van der Waals surface area contributed by atoms with E-state index in [-0.39, 0.29) is 0 Å². The standard InChI is InChI=1S/C17H25N3/c1-14-6-3-4-7-15(14)12-19-16(18-2)20-11-10-17(13-20)8-5-9-17/h3-4,6-7H,5,8-13H2,1-2H3,(H,18,19). The van der Waals surface area contributed by atoms with Crippen molar-refractivity contribution in [1.82, 2.24) is 10.2 Å². The van der Waals surface area contributed by atoms with E-state index in [1.165, 1.54) is 43.4 Å². The molecule has 0 amide bonds. The lowest BCUT2D eigenvalue weighted by atomic mass is 9.68. The Morgan fingerprint density at radius 2 is 2.10 bits per heavy atom. The van der Waals surface area contributed by atoms with Crippen molar-refractivity contribution in [2.75, 3.05) is 20.1 Å². The maximum absolute atomic E-state index is 4.47. The lowest BCUT2D eigenvalue weighted by Gasteiger charge is -2.38. The van der Waals surface area contributed by atoms with E-state index in [0.29, 0.717) is 5.41 Å². The molecular formula is C17H25N3. The van der Waals surface area contributed by atoms with Crippen molar-refractivity contribution in [1.29, 1.82) is 0 Å². The van der Waals surface area contributed by atoms with Crippen LogP contribution in [0.3, 0.4) is 0 Å². The molecule has 3 rings (SSSR count). The van der Waals surface area contributed by atoms with Crippen LogP contribution in [0, 0.1) is 12.3 Å². The maximum atomic E-state index is 4.47. The second-order valence-corrected chi connectivity index (χ2v) is 6.35. The van der Waals surface area contributed by atoms with Crippen LogP contribution in [0.25, 0.3) is 0 Å². The smallest absolute Gasteiger partial charge is 0.193 e. The Morgan fingerprint density at radius 3 is 2.70 bits per heavy atom. The van der Waals surface area contributed by atoms with Gasteiger partial charge in [-0.25, -0.2) is 0 Å². The first kappa shape index (κ1) is 13.5. The van der Waals surface area contributed by atoms with Crippen LogP contribution >= 0.6 is 0 Å². The zero-order chi connectivity index (χ0) is 14.0. The van der Waals surface area contributed by atoms with E-state index in [1.807, 2.05) is 7.05 Å². The third-order valence-corrected chi connectivity index (χ3v) is 5.06. The zero-order valence-electron chi connectivity index (χ0n) is 12.7. The molecule has 3 heteroatoms. The first-order chi connectivity index (χ1) is 9.72. The van der Waals surface area contributed by atoms with E-state index in [0.717, 1.165) is 19.0 Å². The second kappa shape index (κ2) is 5.47. The molecule has 1 N–H and O–H groups in total. The van der Waals surface area contributed by atoms with Crippen LogP contribution in [0.15, 0.2) is 29.3 Å². The Kier molecular flexibility index (Phi) is 3.68. The van der Waals surface area contributed by atoms with Gasteiger partial charge < -0.3 is 10.2 Å². The molecule has 2 fully saturated rings. The molecule has 2 aliphatic rings. The Bertz CT molecular complexity index is 503.